The van der Waals surface area contributed by atoms with Crippen molar-refractivity contribution in [1.82, 2.24) is 20.0 Å². The molecule has 2 saturated heterocycles. The number of nitrogens with zero attached hydrogens (tertiary/aromatic N) is 3. The molecule has 40 heavy (non-hydrogen) atoms. The fourth-order valence-corrected chi connectivity index (χ4v) is 5.90. The Morgan fingerprint density at radius 1 is 0.950 bits per heavy atom. The van der Waals surface area contributed by atoms with Crippen LogP contribution in [0.15, 0.2) is 29.6 Å². The summed E-state index contributed by atoms with van der Waals surface area (Å²) in [5.74, 6) is -1.83. The summed E-state index contributed by atoms with van der Waals surface area (Å²) in [6, 6.07) is 4.29. The van der Waals surface area contributed by atoms with Gasteiger partial charge in [-0.25, -0.2) is 9.59 Å². The first kappa shape index (κ1) is 29.1. The molecule has 7 amide bonds. The number of nitrogens with one attached hydrogen (secondary N) is 1. The van der Waals surface area contributed by atoms with Crippen LogP contribution in [0.4, 0.5) is 9.59 Å². The highest BCUT2D eigenvalue weighted by atomic mass is 16.2. The van der Waals surface area contributed by atoms with Crippen molar-refractivity contribution >= 4 is 29.8 Å². The van der Waals surface area contributed by atoms with Gasteiger partial charge in [0.15, 0.2) is 0 Å². The van der Waals surface area contributed by atoms with Crippen LogP contribution in [-0.4, -0.2) is 63.1 Å². The first-order valence-corrected chi connectivity index (χ1v) is 14.1. The van der Waals surface area contributed by atoms with E-state index in [-0.39, 0.29) is 60.8 Å². The molecule has 1 aromatic rings. The molecule has 1 saturated carbocycles. The van der Waals surface area contributed by atoms with Crippen molar-refractivity contribution in [3.05, 3.63) is 46.3 Å². The van der Waals surface area contributed by atoms with Crippen molar-refractivity contribution in [2.45, 2.75) is 90.8 Å². The first-order valence-electron chi connectivity index (χ1n) is 14.1. The van der Waals surface area contributed by atoms with E-state index in [0.29, 0.717) is 38.5 Å². The lowest BCUT2D eigenvalue weighted by molar-refractivity contribution is -0.138. The van der Waals surface area contributed by atoms with Crippen molar-refractivity contribution in [3.63, 3.8) is 0 Å². The molecule has 1 aliphatic carbocycles. The van der Waals surface area contributed by atoms with Crippen LogP contribution in [0, 0.1) is 19.8 Å². The smallest absolute Gasteiger partial charge is 0.334 e. The second-order valence-corrected chi connectivity index (χ2v) is 11.3. The number of unbranched alkanes of at least 4 members (excludes halogenated alkanes) is 1. The number of rotatable bonds is 8. The molecule has 4 rings (SSSR count). The molecule has 3 aliphatic rings. The Hall–Kier alpha value is -3.89. The van der Waals surface area contributed by atoms with E-state index in [9.17, 15) is 24.0 Å². The first-order chi connectivity index (χ1) is 19.0. The van der Waals surface area contributed by atoms with Gasteiger partial charge < -0.3 is 16.8 Å². The van der Waals surface area contributed by atoms with Crippen LogP contribution < -0.4 is 16.8 Å². The standard InChI is InChI=1S/C29H40N6O5/c1-4-5-12-33-26(37)24(25(30)31)27(38)35(29(33)40)22-10-8-19(9-11-22)14-21-15-23(36)34(28(39)32-21)16-20-7-6-17(2)18(3)13-20/h6-7,13,19,21-22H,4-5,8-12,14-16,30-31H2,1-3H3,(H,32,39)/t19?,21-,22?/m0/s1. The number of carbonyl (C=O) groups is 5. The second kappa shape index (κ2) is 12.1. The van der Waals surface area contributed by atoms with Crippen molar-refractivity contribution in [1.29, 1.82) is 0 Å². The minimum atomic E-state index is -0.738. The Bertz CT molecular complexity index is 1210. The molecule has 216 valence electrons. The van der Waals surface area contributed by atoms with Crippen molar-refractivity contribution in [2.75, 3.05) is 6.54 Å². The SMILES string of the molecule is CCCCN1C(=O)C(=C(N)N)C(=O)N(C2CCC(C[C@H]3CC(=O)N(Cc4ccc(C)c(C)c4)C(=O)N3)CC2)C1=O. The number of carbonyl (C=O) groups excluding carboxylic acids is 5. The third-order valence-electron chi connectivity index (χ3n) is 8.36. The largest absolute Gasteiger partial charge is 0.385 e. The zero-order valence-corrected chi connectivity index (χ0v) is 23.6. The normalized spacial score (nSPS) is 24.1. The van der Waals surface area contributed by atoms with Crippen LogP contribution >= 0.6 is 0 Å². The molecule has 0 bridgehead atoms. The van der Waals surface area contributed by atoms with Crippen molar-refractivity contribution in [3.8, 4) is 0 Å². The molecule has 0 radical (unpaired) electrons. The molecule has 5 N–H and O–H groups in total. The van der Waals surface area contributed by atoms with Gasteiger partial charge in [0.1, 0.15) is 11.4 Å². The summed E-state index contributed by atoms with van der Waals surface area (Å²) in [6.07, 6.45) is 4.81. The summed E-state index contributed by atoms with van der Waals surface area (Å²) in [7, 11) is 0. The fourth-order valence-electron chi connectivity index (χ4n) is 5.90. The molecule has 11 heteroatoms. The lowest BCUT2D eigenvalue weighted by atomic mass is 9.80. The average molecular weight is 553 g/mol. The van der Waals surface area contributed by atoms with Gasteiger partial charge >= 0.3 is 12.1 Å². The van der Waals surface area contributed by atoms with Crippen LogP contribution in [0.1, 0.15) is 75.0 Å². The number of hydrogen-bond donors (Lipinski definition) is 3. The van der Waals surface area contributed by atoms with E-state index in [4.69, 9.17) is 11.5 Å². The molecule has 0 aromatic heterocycles. The highest BCUT2D eigenvalue weighted by molar-refractivity contribution is 6.29. The maximum Gasteiger partial charge on any atom is 0.334 e. The molecule has 0 spiro atoms. The quantitative estimate of drug-likeness (QED) is 0.330. The number of imide groups is 3. The summed E-state index contributed by atoms with van der Waals surface area (Å²) in [5, 5.41) is 3.00. The number of hydrogen-bond acceptors (Lipinski definition) is 7. The fraction of sp³-hybridized carbons (Fsp3) is 0.552. The third kappa shape index (κ3) is 5.97. The summed E-state index contributed by atoms with van der Waals surface area (Å²) >= 11 is 0. The van der Waals surface area contributed by atoms with Gasteiger partial charge in [0, 0.05) is 25.0 Å². The number of aryl methyl sites for hydroxylation is 2. The van der Waals surface area contributed by atoms with Gasteiger partial charge in [-0.1, -0.05) is 31.5 Å². The Morgan fingerprint density at radius 2 is 1.65 bits per heavy atom. The monoisotopic (exact) mass is 552 g/mol. The van der Waals surface area contributed by atoms with E-state index in [1.165, 1.54) is 4.90 Å². The number of barbiturate groups is 1. The summed E-state index contributed by atoms with van der Waals surface area (Å²) in [6.45, 7) is 6.40. The summed E-state index contributed by atoms with van der Waals surface area (Å²) in [4.78, 5) is 68.3. The van der Waals surface area contributed by atoms with E-state index >= 15 is 0 Å². The molecular formula is C29H40N6O5. The maximum atomic E-state index is 13.2. The predicted octanol–water partition coefficient (Wildman–Crippen LogP) is 2.78. The van der Waals surface area contributed by atoms with Crippen molar-refractivity contribution < 1.29 is 24.0 Å². The molecular weight excluding hydrogens is 512 g/mol. The number of nitrogens with two attached hydrogens (primary N) is 2. The number of amides is 7. The highest BCUT2D eigenvalue weighted by Crippen LogP contribution is 2.34. The van der Waals surface area contributed by atoms with Gasteiger partial charge in [0.05, 0.1) is 6.54 Å². The van der Waals surface area contributed by atoms with Gasteiger partial charge in [-0.2, -0.15) is 0 Å². The topological polar surface area (TPSA) is 159 Å². The zero-order chi connectivity index (χ0) is 29.1. The highest BCUT2D eigenvalue weighted by Gasteiger charge is 2.46. The molecule has 1 aromatic carbocycles. The van der Waals surface area contributed by atoms with Crippen LogP contribution in [0.25, 0.3) is 0 Å². The van der Waals surface area contributed by atoms with Gasteiger partial charge in [0.25, 0.3) is 11.8 Å². The van der Waals surface area contributed by atoms with Gasteiger partial charge in [-0.3, -0.25) is 29.1 Å². The summed E-state index contributed by atoms with van der Waals surface area (Å²) < 4.78 is 0. The number of urea groups is 2. The van der Waals surface area contributed by atoms with Gasteiger partial charge in [-0.05, 0) is 75.0 Å². The molecule has 0 unspecified atom stereocenters. The average Bonchev–Trinajstić information content (AvgIpc) is 2.89. The summed E-state index contributed by atoms with van der Waals surface area (Å²) in [5.41, 5.74) is 14.2. The second-order valence-electron chi connectivity index (χ2n) is 11.3. The van der Waals surface area contributed by atoms with E-state index in [2.05, 4.69) is 5.32 Å². The number of benzene rings is 1. The van der Waals surface area contributed by atoms with E-state index in [1.54, 1.807) is 0 Å². The lowest BCUT2D eigenvalue weighted by Crippen LogP contribution is -2.61. The molecule has 11 nitrogen and oxygen atoms in total. The lowest BCUT2D eigenvalue weighted by Gasteiger charge is -2.41. The van der Waals surface area contributed by atoms with Gasteiger partial charge in [0.2, 0.25) is 5.91 Å². The molecule has 2 heterocycles. The van der Waals surface area contributed by atoms with Crippen LogP contribution in [0.5, 0.6) is 0 Å². The van der Waals surface area contributed by atoms with Crippen LogP contribution in [-0.2, 0) is 20.9 Å². The van der Waals surface area contributed by atoms with Gasteiger partial charge in [-0.15, -0.1) is 0 Å². The van der Waals surface area contributed by atoms with Crippen LogP contribution in [0.2, 0.25) is 0 Å². The molecule has 1 atom stereocenters. The Balaban J connectivity index is 1.34. The van der Waals surface area contributed by atoms with E-state index in [0.717, 1.165) is 32.9 Å². The molecule has 2 aliphatic heterocycles. The minimum Gasteiger partial charge on any atom is -0.385 e. The zero-order valence-electron chi connectivity index (χ0n) is 23.6. The van der Waals surface area contributed by atoms with E-state index in [1.807, 2.05) is 39.0 Å². The Morgan fingerprint density at radius 3 is 2.25 bits per heavy atom. The maximum absolute atomic E-state index is 13.2. The van der Waals surface area contributed by atoms with Crippen LogP contribution in [0.3, 0.4) is 0 Å². The molecule has 3 fully saturated rings. The predicted molar refractivity (Wildman–Crippen MR) is 148 cm³/mol. The third-order valence-corrected chi connectivity index (χ3v) is 8.36. The Kier molecular flexibility index (Phi) is 8.80. The Labute approximate surface area is 234 Å². The van der Waals surface area contributed by atoms with E-state index < -0.39 is 17.8 Å². The van der Waals surface area contributed by atoms with Crippen molar-refractivity contribution in [2.24, 2.45) is 17.4 Å². The minimum absolute atomic E-state index is 0.194.